The first-order chi connectivity index (χ1) is 38.1. The summed E-state index contributed by atoms with van der Waals surface area (Å²) in [6.45, 7) is 5.21. The molecule has 0 bridgehead atoms. The van der Waals surface area contributed by atoms with E-state index < -0.39 is 229 Å². The van der Waals surface area contributed by atoms with Crippen LogP contribution in [0.1, 0.15) is 62.4 Å². The molecule has 28 heteroatoms. The Balaban J connectivity index is 0.000000427. The minimum absolute atomic E-state index is 0. The number of hydrogen-bond acceptors (Lipinski definition) is 5. The molecule has 5 fully saturated rings. The van der Waals surface area contributed by atoms with Crippen molar-refractivity contribution in [1.82, 2.24) is 0 Å². The summed E-state index contributed by atoms with van der Waals surface area (Å²) in [7, 11) is 0. The van der Waals surface area contributed by atoms with Gasteiger partial charge in [-0.15, -0.1) is 21.9 Å². The third kappa shape index (κ3) is 10.7. The van der Waals surface area contributed by atoms with E-state index in [1.165, 1.54) is 27.7 Å². The van der Waals surface area contributed by atoms with Gasteiger partial charge in [-0.1, -0.05) is 34.6 Å². The molecular weight excluding hydrogens is 1230 g/mol. The quantitative estimate of drug-likeness (QED) is 0.0487. The molecule has 83 heavy (non-hydrogen) atoms. The standard InChI is InChI=1S/C44H36BF16O4.C11H9BrF4O.Na/c1-41(9-62-10-41)5-17-25(46)33(54)21(34(55)26(17)47)45(22-35(56)27(48)18(28(49)36(22)57)6-42(2)11-63-12-42,23-37(58)29(50)19(30(51)38(23)59)7-43(3)13-64-14-43)24-39(60)31(52)20(32(53)40(24)61)8-44(4)15-65-16-44;1-11(3-17-4-11)2-5-7(13)9(15)6(12)10(16)8(5)14;/h5-16H2,1-4H3;2-4H2,1H3;/q-1;;+1. The summed E-state index contributed by atoms with van der Waals surface area (Å²) in [6.07, 6.45) is -10.8. The van der Waals surface area contributed by atoms with Crippen LogP contribution in [-0.4, -0.2) is 72.2 Å². The van der Waals surface area contributed by atoms with E-state index in [0.29, 0.717) is 13.2 Å². The molecule has 0 amide bonds. The summed E-state index contributed by atoms with van der Waals surface area (Å²) in [5.41, 5.74) is -24.4. The van der Waals surface area contributed by atoms with E-state index in [2.05, 4.69) is 15.9 Å². The minimum Gasteiger partial charge on any atom is -0.380 e. The maximum atomic E-state index is 17.3. The molecule has 0 N–H and O–H groups in total. The molecule has 5 heterocycles. The topological polar surface area (TPSA) is 46.2 Å². The summed E-state index contributed by atoms with van der Waals surface area (Å²) in [5, 5.41) is 0. The molecule has 5 aliphatic heterocycles. The fraction of sp³-hybridized carbons (Fsp3) is 0.455. The zero-order chi connectivity index (χ0) is 60.5. The molecule has 5 aliphatic rings. The summed E-state index contributed by atoms with van der Waals surface area (Å²) in [4.78, 5) is 0. The van der Waals surface area contributed by atoms with Crippen molar-refractivity contribution >= 4 is 43.9 Å². The Kier molecular flexibility index (Phi) is 18.0. The summed E-state index contributed by atoms with van der Waals surface area (Å²) in [6, 6.07) is 0. The molecule has 0 saturated carbocycles. The van der Waals surface area contributed by atoms with Crippen LogP contribution in [0.25, 0.3) is 0 Å². The van der Waals surface area contributed by atoms with Gasteiger partial charge in [-0.2, -0.15) is 0 Å². The van der Waals surface area contributed by atoms with Gasteiger partial charge in [0.1, 0.15) is 52.7 Å². The van der Waals surface area contributed by atoms with Crippen molar-refractivity contribution < 1.29 is 141 Å². The van der Waals surface area contributed by atoms with Gasteiger partial charge in [-0.05, 0) is 48.0 Å². The fourth-order valence-electron chi connectivity index (χ4n) is 11.5. The molecule has 5 aromatic carbocycles. The van der Waals surface area contributed by atoms with Crippen LogP contribution in [0.15, 0.2) is 4.47 Å². The first-order valence-electron chi connectivity index (χ1n) is 25.1. The molecule has 0 atom stereocenters. The van der Waals surface area contributed by atoms with Crippen molar-refractivity contribution in [2.24, 2.45) is 27.1 Å². The number of ether oxygens (including phenoxy) is 5. The maximum absolute atomic E-state index is 17.3. The molecule has 10 rings (SSSR count). The van der Waals surface area contributed by atoms with Crippen LogP contribution in [0.3, 0.4) is 0 Å². The van der Waals surface area contributed by atoms with E-state index in [1.54, 1.807) is 6.92 Å². The Bertz CT molecular complexity index is 2970. The zero-order valence-electron chi connectivity index (χ0n) is 44.7. The van der Waals surface area contributed by atoms with Gasteiger partial charge in [-0.25, -0.2) is 87.8 Å². The summed E-state index contributed by atoms with van der Waals surface area (Å²) < 4.78 is 349. The second-order valence-corrected chi connectivity index (χ2v) is 24.7. The number of halogens is 21. The summed E-state index contributed by atoms with van der Waals surface area (Å²) >= 11 is 2.47. The Morgan fingerprint density at radius 3 is 0.518 bits per heavy atom. The van der Waals surface area contributed by atoms with Crippen molar-refractivity contribution in [3.05, 3.63) is 149 Å². The van der Waals surface area contributed by atoms with Gasteiger partial charge in [0.15, 0.2) is 69.8 Å². The van der Waals surface area contributed by atoms with E-state index >= 15 is 70.2 Å². The monoisotopic (exact) mass is 1280 g/mol. The van der Waals surface area contributed by atoms with Crippen molar-refractivity contribution in [1.29, 1.82) is 0 Å². The van der Waals surface area contributed by atoms with Gasteiger partial charge in [0, 0.05) is 54.9 Å². The Morgan fingerprint density at radius 1 is 0.265 bits per heavy atom. The van der Waals surface area contributed by atoms with Crippen molar-refractivity contribution in [2.45, 2.75) is 66.7 Å². The molecule has 0 radical (unpaired) electrons. The maximum Gasteiger partial charge on any atom is 1.00 e. The van der Waals surface area contributed by atoms with Gasteiger partial charge in [0.25, 0.3) is 0 Å². The average Bonchev–Trinajstić information content (AvgIpc) is 0.749. The molecule has 0 aliphatic carbocycles. The largest absolute Gasteiger partial charge is 1.00 e. The Morgan fingerprint density at radius 2 is 0.398 bits per heavy atom. The van der Waals surface area contributed by atoms with Crippen LogP contribution >= 0.6 is 15.9 Å². The van der Waals surface area contributed by atoms with Crippen LogP contribution in [0.4, 0.5) is 87.8 Å². The average molecular weight is 1280 g/mol. The zero-order valence-corrected chi connectivity index (χ0v) is 48.2. The molecule has 5 nitrogen and oxygen atoms in total. The third-order valence-electron chi connectivity index (χ3n) is 16.1. The predicted octanol–water partition coefficient (Wildman–Crippen LogP) is 8.19. The summed E-state index contributed by atoms with van der Waals surface area (Å²) in [5.74, 6) is -50.9. The SMILES string of the molecule is CC1(Cc2c(F)c(F)c(Br)c(F)c2F)COC1.CC1(Cc2c(F)c(F)c([B-](c3c(F)c(F)c(CC4(C)COC4)c(F)c3F)(c3c(F)c(F)c(CC4(C)COC4)c(F)c3F)c3c(F)c(F)c(CC4(C)COC4)c(F)c3F)c(F)c2F)COC1.[Na+]. The van der Waals surface area contributed by atoms with Crippen LogP contribution < -0.4 is 51.4 Å². The second-order valence-electron chi connectivity index (χ2n) is 23.9. The van der Waals surface area contributed by atoms with Crippen molar-refractivity contribution in [3.8, 4) is 0 Å². The van der Waals surface area contributed by atoms with E-state index in [1.807, 2.05) is 0 Å². The molecular formula is C55H45BBrF20NaO5. The molecule has 5 saturated heterocycles. The van der Waals surface area contributed by atoms with Gasteiger partial charge in [0.2, 0.25) is 0 Å². The number of benzene rings is 5. The fourth-order valence-corrected chi connectivity index (χ4v) is 11.8. The normalized spacial score (nSPS) is 18.9. The molecule has 0 aromatic heterocycles. The van der Waals surface area contributed by atoms with E-state index in [-0.39, 0.29) is 88.8 Å². The third-order valence-corrected chi connectivity index (χ3v) is 16.8. The minimum atomic E-state index is -6.76. The number of rotatable bonds is 14. The predicted molar refractivity (Wildman–Crippen MR) is 257 cm³/mol. The van der Waals surface area contributed by atoms with E-state index in [4.69, 9.17) is 23.7 Å². The van der Waals surface area contributed by atoms with Crippen molar-refractivity contribution in [3.63, 3.8) is 0 Å². The van der Waals surface area contributed by atoms with Gasteiger partial charge < -0.3 is 23.7 Å². The second kappa shape index (κ2) is 23.0. The van der Waals surface area contributed by atoms with Crippen LogP contribution in [-0.2, 0) is 55.8 Å². The molecule has 5 aromatic rings. The van der Waals surface area contributed by atoms with Crippen LogP contribution in [0, 0.1) is 143 Å². The molecule has 0 unspecified atom stereocenters. The molecule has 446 valence electrons. The molecule has 0 spiro atoms. The van der Waals surface area contributed by atoms with Crippen LogP contribution in [0.2, 0.25) is 0 Å². The van der Waals surface area contributed by atoms with E-state index in [0.717, 1.165) is 0 Å². The number of hydrogen-bond donors (Lipinski definition) is 0. The first kappa shape index (κ1) is 65.0. The Labute approximate surface area is 491 Å². The van der Waals surface area contributed by atoms with Crippen LogP contribution in [0.5, 0.6) is 0 Å². The van der Waals surface area contributed by atoms with E-state index in [9.17, 15) is 17.6 Å². The van der Waals surface area contributed by atoms with Crippen molar-refractivity contribution in [2.75, 3.05) is 66.1 Å². The van der Waals surface area contributed by atoms with Gasteiger partial charge >= 0.3 is 29.6 Å². The smallest absolute Gasteiger partial charge is 0.380 e. The Hall–Kier alpha value is -3.96. The van der Waals surface area contributed by atoms with Gasteiger partial charge in [-0.3, -0.25) is 0 Å². The first-order valence-corrected chi connectivity index (χ1v) is 25.9. The van der Waals surface area contributed by atoms with Gasteiger partial charge in [0.05, 0.1) is 70.5 Å².